The fourth-order valence-corrected chi connectivity index (χ4v) is 7.75. The average molecular weight is 357 g/mol. The predicted octanol–water partition coefficient (Wildman–Crippen LogP) is 2.91. The van der Waals surface area contributed by atoms with Gasteiger partial charge < -0.3 is 0 Å². The highest BCUT2D eigenvalue weighted by atomic mass is 32.2. The van der Waals surface area contributed by atoms with Crippen LogP contribution in [0.15, 0.2) is 30.3 Å². The van der Waals surface area contributed by atoms with Crippen LogP contribution in [0.2, 0.25) is 0 Å². The second-order valence-electron chi connectivity index (χ2n) is 8.46. The van der Waals surface area contributed by atoms with Crippen molar-refractivity contribution in [2.45, 2.75) is 39.0 Å². The summed E-state index contributed by atoms with van der Waals surface area (Å²) in [7, 11) is 0. The van der Waals surface area contributed by atoms with Crippen LogP contribution in [0.25, 0.3) is 0 Å². The molecule has 0 bridgehead atoms. The van der Waals surface area contributed by atoms with Gasteiger partial charge in [-0.1, -0.05) is 58.0 Å². The first-order valence-electron chi connectivity index (χ1n) is 8.74. The van der Waals surface area contributed by atoms with Crippen LogP contribution in [0.5, 0.6) is 0 Å². The van der Waals surface area contributed by atoms with Crippen LogP contribution in [-0.2, 0) is 20.9 Å². The normalized spacial score (nSPS) is 31.4. The lowest BCUT2D eigenvalue weighted by molar-refractivity contribution is -0.167. The number of hydrogen-bond donors (Lipinski definition) is 0. The van der Waals surface area contributed by atoms with Crippen molar-refractivity contribution in [1.82, 2.24) is 4.90 Å². The van der Waals surface area contributed by atoms with Crippen LogP contribution in [0, 0.1) is 22.7 Å². The molecule has 2 heterocycles. The Hall–Kier alpha value is -1.62. The average Bonchev–Trinajstić information content (AvgIpc) is 3.10. The molecular formula is C20H23NO3S. The third-order valence-corrected chi connectivity index (χ3v) is 8.88. The summed E-state index contributed by atoms with van der Waals surface area (Å²) in [6, 6.07) is 9.60. The summed E-state index contributed by atoms with van der Waals surface area (Å²) in [5.74, 6) is -0.0495. The maximum Gasteiger partial charge on any atom is 0.234 e. The van der Waals surface area contributed by atoms with Crippen LogP contribution in [0.1, 0.15) is 33.3 Å². The van der Waals surface area contributed by atoms with E-state index in [0.29, 0.717) is 12.3 Å². The number of rotatable bonds is 2. The van der Waals surface area contributed by atoms with Crippen LogP contribution in [0.4, 0.5) is 0 Å². The maximum absolute atomic E-state index is 13.3. The lowest BCUT2D eigenvalue weighted by atomic mass is 9.42. The smallest absolute Gasteiger partial charge is 0.234 e. The fourth-order valence-electron chi connectivity index (χ4n) is 5.62. The largest absolute Gasteiger partial charge is 0.298 e. The maximum atomic E-state index is 13.3. The Morgan fingerprint density at radius 2 is 1.60 bits per heavy atom. The van der Waals surface area contributed by atoms with Crippen molar-refractivity contribution in [3.8, 4) is 0 Å². The first-order valence-corrected chi connectivity index (χ1v) is 9.73. The molecule has 0 radical (unpaired) electrons. The summed E-state index contributed by atoms with van der Waals surface area (Å²) < 4.78 is -0.486. The van der Waals surface area contributed by atoms with E-state index in [0.717, 1.165) is 5.56 Å². The zero-order valence-electron chi connectivity index (χ0n) is 15.0. The number of nitrogens with zero attached hydrogens (tertiary/aromatic N) is 1. The number of ketones is 1. The monoisotopic (exact) mass is 357 g/mol. The van der Waals surface area contributed by atoms with E-state index in [1.165, 1.54) is 4.90 Å². The quantitative estimate of drug-likeness (QED) is 0.764. The van der Waals surface area contributed by atoms with Crippen molar-refractivity contribution in [3.63, 3.8) is 0 Å². The van der Waals surface area contributed by atoms with Gasteiger partial charge >= 0.3 is 0 Å². The number of benzene rings is 1. The third-order valence-electron chi connectivity index (χ3n) is 6.62. The van der Waals surface area contributed by atoms with Crippen LogP contribution < -0.4 is 0 Å². The number of likely N-dealkylation sites (tertiary alicyclic amines) is 1. The number of imide groups is 1. The summed E-state index contributed by atoms with van der Waals surface area (Å²) in [5.41, 5.74) is -0.215. The van der Waals surface area contributed by atoms with Crippen molar-refractivity contribution in [2.24, 2.45) is 22.7 Å². The molecule has 2 unspecified atom stereocenters. The van der Waals surface area contributed by atoms with Gasteiger partial charge in [0.25, 0.3) is 0 Å². The SMILES string of the molecule is CC1(C)C(=O)C(C)(C)C12SCC1C(=O)N(Cc3ccccc3)C(=O)C12. The number of amides is 2. The number of thioether (sulfide) groups is 1. The van der Waals surface area contributed by atoms with E-state index < -0.39 is 21.5 Å². The van der Waals surface area contributed by atoms with E-state index in [4.69, 9.17) is 0 Å². The highest BCUT2D eigenvalue weighted by Gasteiger charge is 2.81. The van der Waals surface area contributed by atoms with Crippen molar-refractivity contribution >= 4 is 29.4 Å². The molecule has 1 aromatic rings. The number of Topliss-reactive ketones (excluding diaryl/α,β-unsaturated/α-hetero) is 1. The van der Waals surface area contributed by atoms with Crippen molar-refractivity contribution < 1.29 is 14.4 Å². The Bertz CT molecular complexity index is 765. The highest BCUT2D eigenvalue weighted by molar-refractivity contribution is 8.01. The molecular weight excluding hydrogens is 334 g/mol. The lowest BCUT2D eigenvalue weighted by Crippen LogP contribution is -2.75. The molecule has 3 aliphatic rings. The van der Waals surface area contributed by atoms with Gasteiger partial charge in [-0.25, -0.2) is 0 Å². The molecule has 4 nitrogen and oxygen atoms in total. The van der Waals surface area contributed by atoms with Crippen molar-refractivity contribution in [2.75, 3.05) is 5.75 Å². The molecule has 132 valence electrons. The van der Waals surface area contributed by atoms with Gasteiger partial charge in [-0.15, -0.1) is 0 Å². The summed E-state index contributed by atoms with van der Waals surface area (Å²) in [6.45, 7) is 8.07. The van der Waals surface area contributed by atoms with Gasteiger partial charge in [-0.2, -0.15) is 11.8 Å². The topological polar surface area (TPSA) is 54.5 Å². The molecule has 1 aromatic carbocycles. The number of carbonyl (C=O) groups is 3. The van der Waals surface area contributed by atoms with Gasteiger partial charge in [0.05, 0.1) is 23.1 Å². The molecule has 2 saturated heterocycles. The predicted molar refractivity (Wildman–Crippen MR) is 96.7 cm³/mol. The first-order chi connectivity index (χ1) is 11.7. The summed E-state index contributed by atoms with van der Waals surface area (Å²) in [4.78, 5) is 40.3. The Labute approximate surface area is 152 Å². The Kier molecular flexibility index (Phi) is 3.34. The van der Waals surface area contributed by atoms with Crippen LogP contribution in [-0.4, -0.2) is 33.0 Å². The van der Waals surface area contributed by atoms with E-state index in [9.17, 15) is 14.4 Å². The van der Waals surface area contributed by atoms with E-state index >= 15 is 0 Å². The molecule has 0 aromatic heterocycles. The van der Waals surface area contributed by atoms with Crippen LogP contribution in [0.3, 0.4) is 0 Å². The van der Waals surface area contributed by atoms with E-state index in [-0.39, 0.29) is 23.5 Å². The molecule has 0 N–H and O–H groups in total. The molecule has 25 heavy (non-hydrogen) atoms. The molecule has 1 spiro atoms. The van der Waals surface area contributed by atoms with Gasteiger partial charge in [-0.05, 0) is 5.56 Å². The molecule has 1 aliphatic carbocycles. The minimum Gasteiger partial charge on any atom is -0.298 e. The molecule has 4 rings (SSSR count). The van der Waals surface area contributed by atoms with Gasteiger partial charge in [0.15, 0.2) is 0 Å². The highest BCUT2D eigenvalue weighted by Crippen LogP contribution is 2.73. The summed E-state index contributed by atoms with van der Waals surface area (Å²) >= 11 is 1.67. The van der Waals surface area contributed by atoms with E-state index in [1.54, 1.807) is 11.8 Å². The summed E-state index contributed by atoms with van der Waals surface area (Å²) in [6.07, 6.45) is 0. The third kappa shape index (κ3) is 1.77. The Morgan fingerprint density at radius 3 is 2.20 bits per heavy atom. The minimum absolute atomic E-state index is 0.0748. The van der Waals surface area contributed by atoms with Crippen molar-refractivity contribution in [3.05, 3.63) is 35.9 Å². The molecule has 5 heteroatoms. The zero-order valence-corrected chi connectivity index (χ0v) is 15.9. The number of fused-ring (bicyclic) bond motifs is 2. The standard InChI is InChI=1S/C20H23NO3S/c1-18(2)17(24)19(3,4)20(18)14-13(11-25-20)15(22)21(16(14)23)10-12-8-6-5-7-9-12/h5-9,13-14H,10-11H2,1-4H3. The number of hydrogen-bond acceptors (Lipinski definition) is 4. The second kappa shape index (κ2) is 4.97. The van der Waals surface area contributed by atoms with E-state index in [1.807, 2.05) is 58.0 Å². The molecule has 3 fully saturated rings. The second-order valence-corrected chi connectivity index (χ2v) is 9.72. The van der Waals surface area contributed by atoms with Gasteiger partial charge in [-0.3, -0.25) is 19.3 Å². The minimum atomic E-state index is -0.584. The fraction of sp³-hybridized carbons (Fsp3) is 0.550. The Morgan fingerprint density at radius 1 is 1.00 bits per heavy atom. The zero-order chi connectivity index (χ0) is 18.2. The van der Waals surface area contributed by atoms with E-state index in [2.05, 4.69) is 0 Å². The Balaban J connectivity index is 1.72. The lowest BCUT2D eigenvalue weighted by Gasteiger charge is -2.65. The van der Waals surface area contributed by atoms with Crippen LogP contribution >= 0.6 is 11.8 Å². The summed E-state index contributed by atoms with van der Waals surface area (Å²) in [5, 5.41) is 0. The van der Waals surface area contributed by atoms with Gasteiger partial charge in [0.2, 0.25) is 11.8 Å². The molecule has 2 amide bonds. The number of carbonyl (C=O) groups excluding carboxylic acids is 3. The first kappa shape index (κ1) is 16.8. The molecule has 1 saturated carbocycles. The van der Waals surface area contributed by atoms with Gasteiger partial charge in [0, 0.05) is 16.6 Å². The molecule has 2 atom stereocenters. The molecule has 2 aliphatic heterocycles. The van der Waals surface area contributed by atoms with Gasteiger partial charge in [0.1, 0.15) is 5.78 Å². The van der Waals surface area contributed by atoms with Crippen molar-refractivity contribution in [1.29, 1.82) is 0 Å².